The van der Waals surface area contributed by atoms with E-state index in [9.17, 15) is 9.59 Å². The first-order valence-electron chi connectivity index (χ1n) is 9.20. The van der Waals surface area contributed by atoms with Crippen LogP contribution in [0.4, 0.5) is 17.2 Å². The van der Waals surface area contributed by atoms with E-state index in [2.05, 4.69) is 27.5 Å². The van der Waals surface area contributed by atoms with E-state index in [-0.39, 0.29) is 11.6 Å². The van der Waals surface area contributed by atoms with Crippen molar-refractivity contribution in [2.75, 3.05) is 17.7 Å². The van der Waals surface area contributed by atoms with Crippen molar-refractivity contribution < 1.29 is 14.3 Å². The van der Waals surface area contributed by atoms with E-state index in [4.69, 9.17) is 4.74 Å². The maximum Gasteiger partial charge on any atom is 0.339 e. The van der Waals surface area contributed by atoms with Gasteiger partial charge in [0.25, 0.3) is 5.91 Å². The van der Waals surface area contributed by atoms with Gasteiger partial charge in [-0.25, -0.2) is 14.8 Å². The Kier molecular flexibility index (Phi) is 6.19. The average Bonchev–Trinajstić information content (AvgIpc) is 2.73. The number of rotatable bonds is 6. The van der Waals surface area contributed by atoms with Crippen LogP contribution in [0.1, 0.15) is 39.2 Å². The number of nitrogens with one attached hydrogen (secondary N) is 2. The Bertz CT molecular complexity index is 1030. The molecule has 0 aliphatic heterocycles. The number of benzene rings is 2. The molecule has 0 atom stereocenters. The second kappa shape index (κ2) is 8.97. The zero-order valence-corrected chi connectivity index (χ0v) is 16.5. The fraction of sp³-hybridized carbons (Fsp3) is 0.182. The lowest BCUT2D eigenvalue weighted by molar-refractivity contribution is 0.0601. The van der Waals surface area contributed by atoms with Gasteiger partial charge < -0.3 is 15.4 Å². The van der Waals surface area contributed by atoms with E-state index in [0.717, 1.165) is 6.42 Å². The molecular formula is C22H22N4O3. The van der Waals surface area contributed by atoms with Crippen LogP contribution in [-0.2, 0) is 11.2 Å². The van der Waals surface area contributed by atoms with E-state index < -0.39 is 5.97 Å². The van der Waals surface area contributed by atoms with E-state index in [1.54, 1.807) is 31.2 Å². The van der Waals surface area contributed by atoms with Crippen molar-refractivity contribution in [1.82, 2.24) is 9.97 Å². The summed E-state index contributed by atoms with van der Waals surface area (Å²) < 4.78 is 4.81. The molecule has 1 aromatic heterocycles. The first kappa shape index (κ1) is 20.0. The van der Waals surface area contributed by atoms with Crippen LogP contribution in [0.5, 0.6) is 0 Å². The average molecular weight is 390 g/mol. The third-order valence-electron chi connectivity index (χ3n) is 4.29. The first-order valence-corrected chi connectivity index (χ1v) is 9.20. The molecule has 29 heavy (non-hydrogen) atoms. The number of hydrogen-bond donors (Lipinski definition) is 2. The number of hydrogen-bond acceptors (Lipinski definition) is 6. The molecule has 7 nitrogen and oxygen atoms in total. The molecule has 7 heteroatoms. The standard InChI is InChI=1S/C22H22N4O3/c1-4-15-9-11-16(12-10-15)25-21(27)19-13-20(24-14(2)23-19)26-18-8-6-5-7-17(18)22(28)29-3/h5-13H,4H2,1-3H3,(H,25,27)(H,23,24,26). The van der Waals surface area contributed by atoms with Crippen molar-refractivity contribution in [2.24, 2.45) is 0 Å². The number of para-hydroxylation sites is 1. The van der Waals surface area contributed by atoms with Crippen LogP contribution >= 0.6 is 0 Å². The second-order valence-electron chi connectivity index (χ2n) is 6.35. The van der Waals surface area contributed by atoms with Crippen molar-refractivity contribution in [3.63, 3.8) is 0 Å². The minimum absolute atomic E-state index is 0.218. The van der Waals surface area contributed by atoms with Crippen molar-refractivity contribution in [2.45, 2.75) is 20.3 Å². The molecule has 2 N–H and O–H groups in total. The van der Waals surface area contributed by atoms with Gasteiger partial charge in [0.1, 0.15) is 17.3 Å². The molecule has 0 saturated heterocycles. The third kappa shape index (κ3) is 4.95. The number of amides is 1. The van der Waals surface area contributed by atoms with Gasteiger partial charge >= 0.3 is 5.97 Å². The Labute approximate surface area is 169 Å². The summed E-state index contributed by atoms with van der Waals surface area (Å²) in [7, 11) is 1.32. The van der Waals surface area contributed by atoms with Crippen LogP contribution in [0.15, 0.2) is 54.6 Å². The van der Waals surface area contributed by atoms with E-state index in [0.29, 0.717) is 28.6 Å². The predicted molar refractivity (Wildman–Crippen MR) is 112 cm³/mol. The number of carbonyl (C=O) groups is 2. The number of anilines is 3. The largest absolute Gasteiger partial charge is 0.465 e. The SMILES string of the molecule is CCc1ccc(NC(=O)c2cc(Nc3ccccc3C(=O)OC)nc(C)n2)cc1. The molecule has 148 valence electrons. The number of carbonyl (C=O) groups excluding carboxylic acids is 2. The number of aryl methyl sites for hydroxylation is 2. The normalized spacial score (nSPS) is 10.3. The summed E-state index contributed by atoms with van der Waals surface area (Å²) in [4.78, 5) is 33.1. The Morgan fingerprint density at radius 2 is 1.76 bits per heavy atom. The van der Waals surface area contributed by atoms with Crippen LogP contribution in [0.3, 0.4) is 0 Å². The summed E-state index contributed by atoms with van der Waals surface area (Å²) in [6.45, 7) is 3.77. The van der Waals surface area contributed by atoms with E-state index in [1.165, 1.54) is 18.7 Å². The minimum atomic E-state index is -0.465. The van der Waals surface area contributed by atoms with Crippen LogP contribution in [0, 0.1) is 6.92 Å². The van der Waals surface area contributed by atoms with Gasteiger partial charge in [0, 0.05) is 11.8 Å². The molecule has 1 heterocycles. The Morgan fingerprint density at radius 1 is 1.03 bits per heavy atom. The van der Waals surface area contributed by atoms with Gasteiger partial charge in [-0.2, -0.15) is 0 Å². The number of esters is 1. The molecule has 0 unspecified atom stereocenters. The summed E-state index contributed by atoms with van der Waals surface area (Å²) in [5.41, 5.74) is 2.99. The summed E-state index contributed by atoms with van der Waals surface area (Å²) in [6, 6.07) is 16.1. The Balaban J connectivity index is 1.83. The monoisotopic (exact) mass is 390 g/mol. The highest BCUT2D eigenvalue weighted by Gasteiger charge is 2.14. The first-order chi connectivity index (χ1) is 14.0. The molecule has 1 amide bonds. The zero-order chi connectivity index (χ0) is 20.8. The highest BCUT2D eigenvalue weighted by atomic mass is 16.5. The molecule has 0 radical (unpaired) electrons. The van der Waals surface area contributed by atoms with Crippen molar-refractivity contribution >= 4 is 29.1 Å². The molecule has 0 saturated carbocycles. The van der Waals surface area contributed by atoms with Crippen LogP contribution in [-0.4, -0.2) is 29.0 Å². The summed E-state index contributed by atoms with van der Waals surface area (Å²) >= 11 is 0. The topological polar surface area (TPSA) is 93.2 Å². The lowest BCUT2D eigenvalue weighted by Crippen LogP contribution is -2.15. The minimum Gasteiger partial charge on any atom is -0.465 e. The molecule has 3 rings (SSSR count). The van der Waals surface area contributed by atoms with Gasteiger partial charge in [-0.05, 0) is 43.2 Å². The van der Waals surface area contributed by atoms with Crippen LogP contribution in [0.25, 0.3) is 0 Å². The smallest absolute Gasteiger partial charge is 0.339 e. The van der Waals surface area contributed by atoms with Crippen LogP contribution < -0.4 is 10.6 Å². The lowest BCUT2D eigenvalue weighted by atomic mass is 10.1. The van der Waals surface area contributed by atoms with E-state index in [1.807, 2.05) is 24.3 Å². The zero-order valence-electron chi connectivity index (χ0n) is 16.5. The summed E-state index contributed by atoms with van der Waals surface area (Å²) in [5.74, 6) is 0.0220. The molecule has 0 bridgehead atoms. The fourth-order valence-electron chi connectivity index (χ4n) is 2.79. The Morgan fingerprint density at radius 3 is 2.45 bits per heavy atom. The van der Waals surface area contributed by atoms with Gasteiger partial charge in [-0.1, -0.05) is 31.2 Å². The maximum atomic E-state index is 12.6. The van der Waals surface area contributed by atoms with E-state index >= 15 is 0 Å². The highest BCUT2D eigenvalue weighted by molar-refractivity contribution is 6.03. The van der Waals surface area contributed by atoms with Gasteiger partial charge in [0.05, 0.1) is 18.4 Å². The Hall–Kier alpha value is -3.74. The fourth-order valence-corrected chi connectivity index (χ4v) is 2.79. The molecule has 0 fully saturated rings. The van der Waals surface area contributed by atoms with Gasteiger partial charge in [0.2, 0.25) is 0 Å². The third-order valence-corrected chi connectivity index (χ3v) is 4.29. The number of nitrogens with zero attached hydrogens (tertiary/aromatic N) is 2. The second-order valence-corrected chi connectivity index (χ2v) is 6.35. The van der Waals surface area contributed by atoms with Gasteiger partial charge in [-0.15, -0.1) is 0 Å². The van der Waals surface area contributed by atoms with Crippen LogP contribution in [0.2, 0.25) is 0 Å². The lowest BCUT2D eigenvalue weighted by Gasteiger charge is -2.12. The van der Waals surface area contributed by atoms with Crippen molar-refractivity contribution in [3.8, 4) is 0 Å². The number of ether oxygens (including phenoxy) is 1. The molecule has 0 aliphatic carbocycles. The molecule has 2 aromatic carbocycles. The van der Waals surface area contributed by atoms with Gasteiger partial charge in [-0.3, -0.25) is 4.79 Å². The number of aromatic nitrogens is 2. The van der Waals surface area contributed by atoms with Crippen molar-refractivity contribution in [3.05, 3.63) is 77.2 Å². The maximum absolute atomic E-state index is 12.6. The molecule has 0 aliphatic rings. The predicted octanol–water partition coefficient (Wildman–Crippen LogP) is 4.13. The summed E-state index contributed by atoms with van der Waals surface area (Å²) in [6.07, 6.45) is 0.932. The molecule has 3 aromatic rings. The number of methoxy groups -OCH3 is 1. The molecular weight excluding hydrogens is 368 g/mol. The summed E-state index contributed by atoms with van der Waals surface area (Å²) in [5, 5.41) is 5.91. The van der Waals surface area contributed by atoms with Gasteiger partial charge in [0.15, 0.2) is 0 Å². The highest BCUT2D eigenvalue weighted by Crippen LogP contribution is 2.21. The van der Waals surface area contributed by atoms with Crippen molar-refractivity contribution in [1.29, 1.82) is 0 Å². The molecule has 0 spiro atoms. The quantitative estimate of drug-likeness (QED) is 0.615.